The Morgan fingerprint density at radius 3 is 2.83 bits per heavy atom. The van der Waals surface area contributed by atoms with Crippen molar-refractivity contribution in [2.24, 2.45) is 7.05 Å². The van der Waals surface area contributed by atoms with Crippen LogP contribution in [-0.2, 0) is 17.3 Å². The maximum atomic E-state index is 11.1. The molecule has 6 nitrogen and oxygen atoms in total. The van der Waals surface area contributed by atoms with E-state index in [-0.39, 0.29) is 0 Å². The molecule has 0 aliphatic carbocycles. The van der Waals surface area contributed by atoms with Gasteiger partial charge in [0.15, 0.2) is 5.13 Å². The SMILES string of the molecule is Cn1cc(Nc2nc(C(C)(C)C(=O)O)cs2)cn1. The van der Waals surface area contributed by atoms with Crippen LogP contribution in [0.3, 0.4) is 0 Å². The third kappa shape index (κ3) is 2.35. The predicted molar refractivity (Wildman–Crippen MR) is 69.3 cm³/mol. The smallest absolute Gasteiger partial charge is 0.315 e. The van der Waals surface area contributed by atoms with E-state index in [4.69, 9.17) is 5.11 Å². The number of thiazole rings is 1. The summed E-state index contributed by atoms with van der Waals surface area (Å²) in [7, 11) is 1.83. The second-order valence-corrected chi connectivity index (χ2v) is 5.35. The zero-order valence-corrected chi connectivity index (χ0v) is 11.2. The first-order chi connectivity index (χ1) is 8.39. The Morgan fingerprint density at radius 2 is 2.28 bits per heavy atom. The fourth-order valence-electron chi connectivity index (χ4n) is 1.34. The van der Waals surface area contributed by atoms with Crippen molar-refractivity contribution in [3.8, 4) is 0 Å². The lowest BCUT2D eigenvalue weighted by molar-refractivity contribution is -0.142. The fourth-order valence-corrected chi connectivity index (χ4v) is 2.24. The van der Waals surface area contributed by atoms with Crippen molar-refractivity contribution in [1.82, 2.24) is 14.8 Å². The standard InChI is InChI=1S/C11H14N4O2S/c1-11(2,9(16)17)8-6-18-10(14-8)13-7-4-12-15(3)5-7/h4-6H,1-3H3,(H,13,14)(H,16,17). The summed E-state index contributed by atoms with van der Waals surface area (Å²) < 4.78 is 1.68. The Balaban J connectivity index is 2.18. The molecule has 0 bridgehead atoms. The first kappa shape index (κ1) is 12.6. The van der Waals surface area contributed by atoms with Gasteiger partial charge >= 0.3 is 5.97 Å². The fraction of sp³-hybridized carbons (Fsp3) is 0.364. The maximum absolute atomic E-state index is 11.1. The van der Waals surface area contributed by atoms with Gasteiger partial charge in [-0.1, -0.05) is 0 Å². The van der Waals surface area contributed by atoms with Gasteiger partial charge in [0, 0.05) is 18.6 Å². The summed E-state index contributed by atoms with van der Waals surface area (Å²) >= 11 is 1.38. The van der Waals surface area contributed by atoms with Gasteiger partial charge in [0.05, 0.1) is 17.6 Å². The Kier molecular flexibility index (Phi) is 3.08. The van der Waals surface area contributed by atoms with Crippen LogP contribution in [0, 0.1) is 0 Å². The molecule has 0 fully saturated rings. The van der Waals surface area contributed by atoms with Crippen LogP contribution in [0.4, 0.5) is 10.8 Å². The number of nitrogens with one attached hydrogen (secondary N) is 1. The third-order valence-electron chi connectivity index (χ3n) is 2.64. The van der Waals surface area contributed by atoms with Crippen LogP contribution in [0.15, 0.2) is 17.8 Å². The summed E-state index contributed by atoms with van der Waals surface area (Å²) in [4.78, 5) is 15.4. The summed E-state index contributed by atoms with van der Waals surface area (Å²) in [6.45, 7) is 3.27. The second-order valence-electron chi connectivity index (χ2n) is 4.50. The van der Waals surface area contributed by atoms with E-state index in [0.717, 1.165) is 5.69 Å². The number of aliphatic carboxylic acids is 1. The molecule has 2 aromatic rings. The number of hydrogen-bond donors (Lipinski definition) is 2. The average molecular weight is 266 g/mol. The highest BCUT2D eigenvalue weighted by Crippen LogP contribution is 2.28. The minimum absolute atomic E-state index is 0.548. The molecule has 0 radical (unpaired) electrons. The van der Waals surface area contributed by atoms with Gasteiger partial charge in [0.1, 0.15) is 5.41 Å². The van der Waals surface area contributed by atoms with Gasteiger partial charge in [-0.2, -0.15) is 5.10 Å². The molecule has 2 rings (SSSR count). The van der Waals surface area contributed by atoms with Crippen molar-refractivity contribution in [3.05, 3.63) is 23.5 Å². The van der Waals surface area contributed by atoms with E-state index in [1.807, 2.05) is 13.2 Å². The first-order valence-electron chi connectivity index (χ1n) is 5.34. The molecule has 2 aromatic heterocycles. The van der Waals surface area contributed by atoms with Crippen molar-refractivity contribution in [3.63, 3.8) is 0 Å². The Hall–Kier alpha value is -1.89. The van der Waals surface area contributed by atoms with E-state index in [1.54, 1.807) is 30.1 Å². The van der Waals surface area contributed by atoms with E-state index < -0.39 is 11.4 Å². The maximum Gasteiger partial charge on any atom is 0.315 e. The number of rotatable bonds is 4. The van der Waals surface area contributed by atoms with Gasteiger partial charge in [0.25, 0.3) is 0 Å². The molecule has 0 saturated heterocycles. The van der Waals surface area contributed by atoms with Crippen molar-refractivity contribution in [2.45, 2.75) is 19.3 Å². The van der Waals surface area contributed by atoms with Crippen LogP contribution in [0.2, 0.25) is 0 Å². The summed E-state index contributed by atoms with van der Waals surface area (Å²) in [6, 6.07) is 0. The zero-order valence-electron chi connectivity index (χ0n) is 10.3. The van der Waals surface area contributed by atoms with Gasteiger partial charge < -0.3 is 10.4 Å². The van der Waals surface area contributed by atoms with Gasteiger partial charge in [-0.3, -0.25) is 9.48 Å². The number of carboxylic acid groups (broad SMARTS) is 1. The molecule has 96 valence electrons. The molecule has 0 saturated carbocycles. The molecule has 0 spiro atoms. The molecule has 0 aromatic carbocycles. The topological polar surface area (TPSA) is 80.0 Å². The minimum atomic E-state index is -0.981. The molecular weight excluding hydrogens is 252 g/mol. The normalized spacial score (nSPS) is 11.5. The molecule has 0 aliphatic rings. The molecule has 0 amide bonds. The van der Waals surface area contributed by atoms with Crippen molar-refractivity contribution in [2.75, 3.05) is 5.32 Å². The number of anilines is 2. The molecule has 7 heteroatoms. The van der Waals surface area contributed by atoms with E-state index in [0.29, 0.717) is 10.8 Å². The number of nitrogens with zero attached hydrogens (tertiary/aromatic N) is 3. The number of aryl methyl sites for hydroxylation is 1. The van der Waals surface area contributed by atoms with Crippen LogP contribution in [0.5, 0.6) is 0 Å². The van der Waals surface area contributed by atoms with E-state index in [9.17, 15) is 4.79 Å². The third-order valence-corrected chi connectivity index (χ3v) is 3.39. The molecule has 0 aliphatic heterocycles. The summed E-state index contributed by atoms with van der Waals surface area (Å²) in [5.41, 5.74) is 0.392. The molecule has 2 N–H and O–H groups in total. The molecule has 18 heavy (non-hydrogen) atoms. The summed E-state index contributed by atoms with van der Waals surface area (Å²) in [5, 5.41) is 18.7. The number of carboxylic acids is 1. The van der Waals surface area contributed by atoms with Crippen LogP contribution in [0.1, 0.15) is 19.5 Å². The Morgan fingerprint density at radius 1 is 1.56 bits per heavy atom. The number of carbonyl (C=O) groups is 1. The van der Waals surface area contributed by atoms with Crippen LogP contribution in [-0.4, -0.2) is 25.8 Å². The highest BCUT2D eigenvalue weighted by atomic mass is 32.1. The van der Waals surface area contributed by atoms with Gasteiger partial charge in [-0.05, 0) is 13.8 Å². The van der Waals surface area contributed by atoms with E-state index >= 15 is 0 Å². The predicted octanol–water partition coefficient (Wildman–Crippen LogP) is 1.98. The summed E-state index contributed by atoms with van der Waals surface area (Å²) in [6.07, 6.45) is 3.51. The second kappa shape index (κ2) is 4.41. The molecule has 0 unspecified atom stereocenters. The summed E-state index contributed by atoms with van der Waals surface area (Å²) in [5.74, 6) is -0.888. The van der Waals surface area contributed by atoms with Crippen molar-refractivity contribution >= 4 is 28.1 Å². The highest BCUT2D eigenvalue weighted by Gasteiger charge is 2.32. The first-order valence-corrected chi connectivity index (χ1v) is 6.22. The van der Waals surface area contributed by atoms with Crippen molar-refractivity contribution in [1.29, 1.82) is 0 Å². The van der Waals surface area contributed by atoms with Crippen molar-refractivity contribution < 1.29 is 9.90 Å². The van der Waals surface area contributed by atoms with Crippen LogP contribution in [0.25, 0.3) is 0 Å². The Bertz CT molecular complexity index is 573. The van der Waals surface area contributed by atoms with E-state index in [2.05, 4.69) is 15.4 Å². The number of aromatic nitrogens is 3. The monoisotopic (exact) mass is 266 g/mol. The largest absolute Gasteiger partial charge is 0.481 e. The zero-order chi connectivity index (χ0) is 13.3. The lowest BCUT2D eigenvalue weighted by Gasteiger charge is -2.15. The van der Waals surface area contributed by atoms with Crippen LogP contribution < -0.4 is 5.32 Å². The van der Waals surface area contributed by atoms with Gasteiger partial charge in [-0.15, -0.1) is 11.3 Å². The average Bonchev–Trinajstić information content (AvgIpc) is 2.88. The lowest BCUT2D eigenvalue weighted by Crippen LogP contribution is -2.28. The van der Waals surface area contributed by atoms with E-state index in [1.165, 1.54) is 11.3 Å². The minimum Gasteiger partial charge on any atom is -0.481 e. The highest BCUT2D eigenvalue weighted by molar-refractivity contribution is 7.13. The van der Waals surface area contributed by atoms with Gasteiger partial charge in [0.2, 0.25) is 0 Å². The Labute approximate surface area is 108 Å². The lowest BCUT2D eigenvalue weighted by atomic mass is 9.90. The molecule has 2 heterocycles. The number of hydrogen-bond acceptors (Lipinski definition) is 5. The quantitative estimate of drug-likeness (QED) is 0.884. The van der Waals surface area contributed by atoms with Crippen LogP contribution >= 0.6 is 11.3 Å². The van der Waals surface area contributed by atoms with Gasteiger partial charge in [-0.25, -0.2) is 4.98 Å². The molecule has 0 atom stereocenters. The molecular formula is C11H14N4O2S.